The summed E-state index contributed by atoms with van der Waals surface area (Å²) in [5.74, 6) is 1.79. The van der Waals surface area contributed by atoms with Crippen LogP contribution in [0.15, 0.2) is 24.3 Å². The smallest absolute Gasteiger partial charge is 0.156 e. The van der Waals surface area contributed by atoms with Gasteiger partial charge in [-0.2, -0.15) is 0 Å². The Morgan fingerprint density at radius 1 is 1.30 bits per heavy atom. The van der Waals surface area contributed by atoms with Crippen molar-refractivity contribution in [1.29, 1.82) is 0 Å². The Hall–Kier alpha value is -1.95. The van der Waals surface area contributed by atoms with Crippen molar-refractivity contribution < 1.29 is 4.74 Å². The van der Waals surface area contributed by atoms with Crippen LogP contribution >= 0.6 is 0 Å². The van der Waals surface area contributed by atoms with E-state index >= 15 is 0 Å². The number of aromatic nitrogens is 4. The first-order valence-electron chi connectivity index (χ1n) is 6.98. The van der Waals surface area contributed by atoms with E-state index in [0.29, 0.717) is 12.5 Å². The monoisotopic (exact) mass is 273 g/mol. The second-order valence-corrected chi connectivity index (χ2v) is 5.01. The number of rotatable bonds is 4. The fraction of sp³-hybridized carbons (Fsp3) is 0.500. The summed E-state index contributed by atoms with van der Waals surface area (Å²) in [6.45, 7) is 2.05. The second-order valence-electron chi connectivity index (χ2n) is 5.01. The highest BCUT2D eigenvalue weighted by molar-refractivity contribution is 5.35. The number of hydrogen-bond donors (Lipinski definition) is 1. The summed E-state index contributed by atoms with van der Waals surface area (Å²) in [5.41, 5.74) is 1.11. The molecule has 6 heteroatoms. The minimum Gasteiger partial charge on any atom is -0.496 e. The van der Waals surface area contributed by atoms with E-state index in [2.05, 4.69) is 26.9 Å². The van der Waals surface area contributed by atoms with Gasteiger partial charge in [-0.3, -0.25) is 0 Å². The Balaban J connectivity index is 1.82. The molecule has 1 N–H and O–H groups in total. The van der Waals surface area contributed by atoms with Gasteiger partial charge in [-0.05, 0) is 42.4 Å². The van der Waals surface area contributed by atoms with Crippen LogP contribution in [-0.4, -0.2) is 40.4 Å². The third-order valence-electron chi connectivity index (χ3n) is 3.76. The van der Waals surface area contributed by atoms with Gasteiger partial charge in [0, 0.05) is 12.0 Å². The molecule has 0 saturated carbocycles. The third-order valence-corrected chi connectivity index (χ3v) is 3.76. The summed E-state index contributed by atoms with van der Waals surface area (Å²) in [6, 6.07) is 8.40. The van der Waals surface area contributed by atoms with Crippen LogP contribution in [-0.2, 0) is 6.42 Å². The number of piperidine rings is 1. The minimum absolute atomic E-state index is 0.399. The van der Waals surface area contributed by atoms with E-state index < -0.39 is 0 Å². The Bertz CT molecular complexity index is 562. The molecule has 0 amide bonds. The van der Waals surface area contributed by atoms with Gasteiger partial charge < -0.3 is 10.1 Å². The van der Waals surface area contributed by atoms with Crippen molar-refractivity contribution in [3.8, 4) is 5.75 Å². The molecule has 1 saturated heterocycles. The molecule has 0 spiro atoms. The van der Waals surface area contributed by atoms with Crippen molar-refractivity contribution in [3.63, 3.8) is 0 Å². The topological polar surface area (TPSA) is 64.9 Å². The molecule has 106 valence electrons. The number of nitrogens with zero attached hydrogens (tertiary/aromatic N) is 4. The van der Waals surface area contributed by atoms with Crippen molar-refractivity contribution >= 4 is 0 Å². The Labute approximate surface area is 118 Å². The predicted octanol–water partition coefficient (Wildman–Crippen LogP) is 1.20. The summed E-state index contributed by atoms with van der Waals surface area (Å²) < 4.78 is 7.37. The van der Waals surface area contributed by atoms with Crippen molar-refractivity contribution in [1.82, 2.24) is 25.5 Å². The second kappa shape index (κ2) is 6.00. The van der Waals surface area contributed by atoms with Crippen LogP contribution in [0.5, 0.6) is 5.75 Å². The molecule has 2 heterocycles. The Morgan fingerprint density at radius 2 is 2.10 bits per heavy atom. The molecule has 0 aliphatic carbocycles. The summed E-state index contributed by atoms with van der Waals surface area (Å²) in [6.07, 6.45) is 2.84. The van der Waals surface area contributed by atoms with Crippen LogP contribution < -0.4 is 10.1 Å². The van der Waals surface area contributed by atoms with Crippen molar-refractivity contribution in [2.45, 2.75) is 25.3 Å². The van der Waals surface area contributed by atoms with E-state index in [-0.39, 0.29) is 0 Å². The van der Waals surface area contributed by atoms with Gasteiger partial charge in [0.15, 0.2) is 5.82 Å². The molecule has 6 nitrogen and oxygen atoms in total. The van der Waals surface area contributed by atoms with Gasteiger partial charge in [0.2, 0.25) is 0 Å². The number of benzene rings is 1. The maximum absolute atomic E-state index is 5.39. The van der Waals surface area contributed by atoms with E-state index in [1.165, 1.54) is 0 Å². The van der Waals surface area contributed by atoms with Crippen molar-refractivity contribution in [2.75, 3.05) is 20.2 Å². The first-order chi connectivity index (χ1) is 9.88. The maximum atomic E-state index is 5.39. The van der Waals surface area contributed by atoms with E-state index in [1.54, 1.807) is 7.11 Å². The highest BCUT2D eigenvalue weighted by Crippen LogP contribution is 2.23. The molecular weight excluding hydrogens is 254 g/mol. The van der Waals surface area contributed by atoms with E-state index in [9.17, 15) is 0 Å². The standard InChI is InChI=1S/C14H19N5O/c1-20-13-5-3-2-4-11(13)10-14-16-17-18-19(14)12-6-8-15-9-7-12/h2-5,12,15H,6-10H2,1H3. The van der Waals surface area contributed by atoms with Crippen LogP contribution in [0.1, 0.15) is 30.3 Å². The van der Waals surface area contributed by atoms with Crippen molar-refractivity contribution in [2.24, 2.45) is 0 Å². The molecule has 0 unspecified atom stereocenters. The molecule has 1 fully saturated rings. The molecule has 0 atom stereocenters. The van der Waals surface area contributed by atoms with Gasteiger partial charge in [0.25, 0.3) is 0 Å². The van der Waals surface area contributed by atoms with Gasteiger partial charge >= 0.3 is 0 Å². The van der Waals surface area contributed by atoms with Gasteiger partial charge in [-0.25, -0.2) is 4.68 Å². The zero-order chi connectivity index (χ0) is 13.8. The summed E-state index contributed by atoms with van der Waals surface area (Å²) >= 11 is 0. The Morgan fingerprint density at radius 3 is 2.90 bits per heavy atom. The molecule has 3 rings (SSSR count). The number of methoxy groups -OCH3 is 1. The minimum atomic E-state index is 0.399. The SMILES string of the molecule is COc1ccccc1Cc1nnnn1C1CCNCC1. The lowest BCUT2D eigenvalue weighted by Gasteiger charge is -2.23. The number of tetrazole rings is 1. The first kappa shape index (κ1) is 13.1. The number of ether oxygens (including phenoxy) is 1. The lowest BCUT2D eigenvalue weighted by atomic mass is 10.1. The van der Waals surface area contributed by atoms with E-state index in [4.69, 9.17) is 4.74 Å². The molecule has 1 aliphatic heterocycles. The van der Waals surface area contributed by atoms with Crippen LogP contribution in [0.2, 0.25) is 0 Å². The van der Waals surface area contributed by atoms with Gasteiger partial charge in [0.1, 0.15) is 5.75 Å². The molecule has 1 aromatic carbocycles. The van der Waals surface area contributed by atoms with Gasteiger partial charge in [-0.1, -0.05) is 18.2 Å². The van der Waals surface area contributed by atoms with Gasteiger partial charge in [-0.15, -0.1) is 5.10 Å². The fourth-order valence-electron chi connectivity index (χ4n) is 2.68. The number of hydrogen-bond acceptors (Lipinski definition) is 5. The highest BCUT2D eigenvalue weighted by atomic mass is 16.5. The zero-order valence-electron chi connectivity index (χ0n) is 11.6. The molecule has 0 radical (unpaired) electrons. The molecule has 0 bridgehead atoms. The third kappa shape index (κ3) is 2.65. The average Bonchev–Trinajstić information content (AvgIpc) is 2.97. The predicted molar refractivity (Wildman–Crippen MR) is 74.8 cm³/mol. The van der Waals surface area contributed by atoms with E-state index in [0.717, 1.165) is 43.1 Å². The number of nitrogens with one attached hydrogen (secondary N) is 1. The van der Waals surface area contributed by atoms with Crippen molar-refractivity contribution in [3.05, 3.63) is 35.7 Å². The maximum Gasteiger partial charge on any atom is 0.156 e. The molecule has 2 aromatic rings. The first-order valence-corrected chi connectivity index (χ1v) is 6.98. The lowest BCUT2D eigenvalue weighted by molar-refractivity contribution is 0.330. The molecule has 20 heavy (non-hydrogen) atoms. The average molecular weight is 273 g/mol. The van der Waals surface area contributed by atoms with E-state index in [1.807, 2.05) is 22.9 Å². The zero-order valence-corrected chi connectivity index (χ0v) is 11.6. The fourth-order valence-corrected chi connectivity index (χ4v) is 2.68. The largest absolute Gasteiger partial charge is 0.496 e. The molecule has 1 aliphatic rings. The van der Waals surface area contributed by atoms with Crippen LogP contribution in [0.4, 0.5) is 0 Å². The number of para-hydroxylation sites is 1. The highest BCUT2D eigenvalue weighted by Gasteiger charge is 2.20. The summed E-state index contributed by atoms with van der Waals surface area (Å²) in [7, 11) is 1.69. The Kier molecular flexibility index (Phi) is 3.92. The summed E-state index contributed by atoms with van der Waals surface area (Å²) in [4.78, 5) is 0. The quantitative estimate of drug-likeness (QED) is 0.906. The lowest BCUT2D eigenvalue weighted by Crippen LogP contribution is -2.30. The molecule has 1 aromatic heterocycles. The normalized spacial score (nSPS) is 16.2. The van der Waals surface area contributed by atoms with Crippen LogP contribution in [0.3, 0.4) is 0 Å². The van der Waals surface area contributed by atoms with Crippen LogP contribution in [0.25, 0.3) is 0 Å². The van der Waals surface area contributed by atoms with Gasteiger partial charge in [0.05, 0.1) is 13.2 Å². The summed E-state index contributed by atoms with van der Waals surface area (Å²) in [5, 5.41) is 15.6. The molecular formula is C14H19N5O. The van der Waals surface area contributed by atoms with Crippen LogP contribution in [0, 0.1) is 0 Å².